The molecule has 0 aliphatic carbocycles. The number of likely N-dealkylation sites (tertiary alicyclic amines) is 1. The van der Waals surface area contributed by atoms with Crippen LogP contribution in [-0.2, 0) is 4.74 Å². The van der Waals surface area contributed by atoms with E-state index in [-0.39, 0.29) is 24.0 Å². The summed E-state index contributed by atoms with van der Waals surface area (Å²) < 4.78 is 5.61. The van der Waals surface area contributed by atoms with Gasteiger partial charge in [0.25, 0.3) is 0 Å². The van der Waals surface area contributed by atoms with E-state index >= 15 is 0 Å². The molecule has 2 aliphatic heterocycles. The highest BCUT2D eigenvalue weighted by atomic mass is 127. The van der Waals surface area contributed by atoms with Crippen molar-refractivity contribution in [3.8, 4) is 0 Å². The number of guanidine groups is 1. The number of aliphatic imine (C=N–C) groups is 1. The van der Waals surface area contributed by atoms with Gasteiger partial charge in [-0.3, -0.25) is 4.99 Å². The summed E-state index contributed by atoms with van der Waals surface area (Å²) in [6.07, 6.45) is 2.42. The van der Waals surface area contributed by atoms with Crippen LogP contribution >= 0.6 is 24.0 Å². The molecule has 4 nitrogen and oxygen atoms in total. The molecule has 0 aromatic heterocycles. The fraction of sp³-hybridized carbons (Fsp3) is 0.611. The first kappa shape index (κ1) is 18.5. The maximum absolute atomic E-state index is 5.61. The lowest BCUT2D eigenvalue weighted by molar-refractivity contribution is 0.156. The molecule has 0 radical (unpaired) electrons. The topological polar surface area (TPSA) is 36.9 Å². The zero-order chi connectivity index (χ0) is 15.4. The Morgan fingerprint density at radius 3 is 2.78 bits per heavy atom. The molecule has 5 heteroatoms. The first-order valence-corrected chi connectivity index (χ1v) is 8.31. The van der Waals surface area contributed by atoms with Crippen LogP contribution < -0.4 is 5.32 Å². The molecule has 2 unspecified atom stereocenters. The molecule has 1 aromatic carbocycles. The number of rotatable bonds is 3. The Kier molecular flexibility index (Phi) is 6.71. The third-order valence-electron chi connectivity index (χ3n) is 5.07. The van der Waals surface area contributed by atoms with Crippen LogP contribution in [0, 0.1) is 5.41 Å². The van der Waals surface area contributed by atoms with Gasteiger partial charge in [0, 0.05) is 38.7 Å². The average molecular weight is 429 g/mol. The maximum Gasteiger partial charge on any atom is 0.193 e. The smallest absolute Gasteiger partial charge is 0.193 e. The summed E-state index contributed by atoms with van der Waals surface area (Å²) in [6, 6.07) is 10.7. The fourth-order valence-electron chi connectivity index (χ4n) is 3.56. The Hall–Kier alpha value is -0.820. The van der Waals surface area contributed by atoms with E-state index in [9.17, 15) is 0 Å². The minimum absolute atomic E-state index is 0. The molecule has 1 aromatic rings. The van der Waals surface area contributed by atoms with E-state index in [4.69, 9.17) is 4.74 Å². The van der Waals surface area contributed by atoms with E-state index in [2.05, 4.69) is 52.5 Å². The molecule has 2 heterocycles. The molecule has 23 heavy (non-hydrogen) atoms. The van der Waals surface area contributed by atoms with E-state index in [1.807, 2.05) is 7.05 Å². The SMILES string of the molecule is CN=C(NCC(C)c1ccccc1)N1CCC2(CCOC2)C1.I. The van der Waals surface area contributed by atoms with Gasteiger partial charge in [-0.2, -0.15) is 0 Å². The largest absolute Gasteiger partial charge is 0.381 e. The zero-order valence-corrected chi connectivity index (χ0v) is 16.5. The molecular weight excluding hydrogens is 401 g/mol. The molecule has 2 aliphatic rings. The van der Waals surface area contributed by atoms with Crippen LogP contribution in [0.3, 0.4) is 0 Å². The van der Waals surface area contributed by atoms with E-state index in [1.165, 1.54) is 18.4 Å². The lowest BCUT2D eigenvalue weighted by Crippen LogP contribution is -2.42. The third-order valence-corrected chi connectivity index (χ3v) is 5.07. The summed E-state index contributed by atoms with van der Waals surface area (Å²) in [5, 5.41) is 3.55. The van der Waals surface area contributed by atoms with Gasteiger partial charge in [-0.1, -0.05) is 37.3 Å². The van der Waals surface area contributed by atoms with E-state index in [1.54, 1.807) is 0 Å². The van der Waals surface area contributed by atoms with Crippen LogP contribution in [0.1, 0.15) is 31.2 Å². The van der Waals surface area contributed by atoms with Crippen molar-refractivity contribution >= 4 is 29.9 Å². The monoisotopic (exact) mass is 429 g/mol. The quantitative estimate of drug-likeness (QED) is 0.456. The van der Waals surface area contributed by atoms with Crippen LogP contribution in [-0.4, -0.2) is 50.8 Å². The first-order chi connectivity index (χ1) is 10.7. The minimum atomic E-state index is 0. The zero-order valence-electron chi connectivity index (χ0n) is 14.1. The summed E-state index contributed by atoms with van der Waals surface area (Å²) >= 11 is 0. The third kappa shape index (κ3) is 4.38. The first-order valence-electron chi connectivity index (χ1n) is 8.31. The summed E-state index contributed by atoms with van der Waals surface area (Å²) in [7, 11) is 1.88. The van der Waals surface area contributed by atoms with Crippen LogP contribution in [0.2, 0.25) is 0 Å². The maximum atomic E-state index is 5.61. The molecule has 2 fully saturated rings. The van der Waals surface area contributed by atoms with Crippen molar-refractivity contribution in [1.29, 1.82) is 0 Å². The average Bonchev–Trinajstić information content (AvgIpc) is 3.19. The van der Waals surface area contributed by atoms with Gasteiger partial charge in [0.05, 0.1) is 6.61 Å². The van der Waals surface area contributed by atoms with E-state index < -0.39 is 0 Å². The lowest BCUT2D eigenvalue weighted by Gasteiger charge is -2.26. The van der Waals surface area contributed by atoms with E-state index in [0.717, 1.165) is 38.8 Å². The molecule has 0 amide bonds. The Balaban J connectivity index is 0.00000192. The van der Waals surface area contributed by atoms with Crippen molar-refractivity contribution in [3.63, 3.8) is 0 Å². The number of nitrogens with zero attached hydrogens (tertiary/aromatic N) is 2. The van der Waals surface area contributed by atoms with Crippen molar-refractivity contribution in [2.45, 2.75) is 25.7 Å². The van der Waals surface area contributed by atoms with Crippen molar-refractivity contribution in [2.24, 2.45) is 10.4 Å². The Morgan fingerprint density at radius 1 is 1.35 bits per heavy atom. The Morgan fingerprint density at radius 2 is 2.13 bits per heavy atom. The van der Waals surface area contributed by atoms with Crippen LogP contribution in [0.25, 0.3) is 0 Å². The normalized spacial score (nSPS) is 25.5. The highest BCUT2D eigenvalue weighted by molar-refractivity contribution is 14.0. The summed E-state index contributed by atoms with van der Waals surface area (Å²) in [6.45, 7) is 7.17. The van der Waals surface area contributed by atoms with Crippen molar-refractivity contribution < 1.29 is 4.74 Å². The molecule has 2 saturated heterocycles. The highest BCUT2D eigenvalue weighted by Gasteiger charge is 2.42. The summed E-state index contributed by atoms with van der Waals surface area (Å²) in [5.41, 5.74) is 1.75. The minimum Gasteiger partial charge on any atom is -0.381 e. The predicted octanol–water partition coefficient (Wildman–Crippen LogP) is 3.10. The number of nitrogens with one attached hydrogen (secondary N) is 1. The van der Waals surface area contributed by atoms with Gasteiger partial charge >= 0.3 is 0 Å². The fourth-order valence-corrected chi connectivity index (χ4v) is 3.56. The van der Waals surface area contributed by atoms with Crippen molar-refractivity contribution in [1.82, 2.24) is 10.2 Å². The molecule has 0 bridgehead atoms. The molecule has 2 atom stereocenters. The molecule has 1 spiro atoms. The molecular formula is C18H28IN3O. The standard InChI is InChI=1S/C18H27N3O.HI/c1-15(16-6-4-3-5-7-16)12-20-17(19-2)21-10-8-18(13-21)9-11-22-14-18;/h3-7,15H,8-14H2,1-2H3,(H,19,20);1H. The molecule has 0 saturated carbocycles. The van der Waals surface area contributed by atoms with Crippen LogP contribution in [0.4, 0.5) is 0 Å². The summed E-state index contributed by atoms with van der Waals surface area (Å²) in [5.74, 6) is 1.51. The Bertz CT molecular complexity index is 514. The van der Waals surface area contributed by atoms with Gasteiger partial charge in [-0.15, -0.1) is 24.0 Å². The van der Waals surface area contributed by atoms with Crippen molar-refractivity contribution in [3.05, 3.63) is 35.9 Å². The van der Waals surface area contributed by atoms with E-state index in [0.29, 0.717) is 11.3 Å². The van der Waals surface area contributed by atoms with Crippen molar-refractivity contribution in [2.75, 3.05) is 39.9 Å². The predicted molar refractivity (Wildman–Crippen MR) is 106 cm³/mol. The number of benzene rings is 1. The number of hydrogen-bond donors (Lipinski definition) is 1. The van der Waals surface area contributed by atoms with Gasteiger partial charge in [0.1, 0.15) is 0 Å². The van der Waals surface area contributed by atoms with Gasteiger partial charge in [0.2, 0.25) is 0 Å². The molecule has 3 rings (SSSR count). The highest BCUT2D eigenvalue weighted by Crippen LogP contribution is 2.38. The molecule has 128 valence electrons. The van der Waals surface area contributed by atoms with Crippen LogP contribution in [0.5, 0.6) is 0 Å². The van der Waals surface area contributed by atoms with Gasteiger partial charge in [-0.25, -0.2) is 0 Å². The second-order valence-electron chi connectivity index (χ2n) is 6.71. The van der Waals surface area contributed by atoms with Gasteiger partial charge in [-0.05, 0) is 24.3 Å². The Labute approximate surface area is 156 Å². The lowest BCUT2D eigenvalue weighted by atomic mass is 9.87. The second kappa shape index (κ2) is 8.33. The van der Waals surface area contributed by atoms with Gasteiger partial charge in [0.15, 0.2) is 5.96 Å². The molecule has 1 N–H and O–H groups in total. The van der Waals surface area contributed by atoms with Gasteiger partial charge < -0.3 is 15.0 Å². The van der Waals surface area contributed by atoms with Crippen LogP contribution in [0.15, 0.2) is 35.3 Å². The number of halogens is 1. The number of hydrogen-bond acceptors (Lipinski definition) is 2. The second-order valence-corrected chi connectivity index (χ2v) is 6.71. The summed E-state index contributed by atoms with van der Waals surface area (Å²) in [4.78, 5) is 6.88. The number of ether oxygens (including phenoxy) is 1.